The van der Waals surface area contributed by atoms with Gasteiger partial charge in [-0.25, -0.2) is 13.2 Å². The molecule has 1 heterocycles. The van der Waals surface area contributed by atoms with Crippen LogP contribution in [-0.2, 0) is 21.0 Å². The zero-order chi connectivity index (χ0) is 12.6. The molecule has 1 aromatic heterocycles. The van der Waals surface area contributed by atoms with E-state index >= 15 is 0 Å². The van der Waals surface area contributed by atoms with Gasteiger partial charge in [0.1, 0.15) is 0 Å². The first-order valence-electron chi connectivity index (χ1n) is 4.60. The fraction of sp³-hybridized carbons (Fsp3) is 0.750. The molecule has 0 amide bonds. The van der Waals surface area contributed by atoms with Gasteiger partial charge in [-0.05, 0) is 0 Å². The van der Waals surface area contributed by atoms with E-state index in [1.54, 1.807) is 0 Å². The summed E-state index contributed by atoms with van der Waals surface area (Å²) in [6.45, 7) is 5.40. The molecule has 16 heavy (non-hydrogen) atoms. The van der Waals surface area contributed by atoms with Crippen LogP contribution in [0.15, 0.2) is 9.21 Å². The fourth-order valence-corrected chi connectivity index (χ4v) is 1.54. The molecule has 1 aromatic rings. The van der Waals surface area contributed by atoms with Crippen LogP contribution in [0.2, 0.25) is 0 Å². The molecule has 0 saturated heterocycles. The quantitative estimate of drug-likeness (QED) is 0.754. The molecule has 0 bridgehead atoms. The lowest BCUT2D eigenvalue weighted by Gasteiger charge is -2.10. The van der Waals surface area contributed by atoms with E-state index in [-0.39, 0.29) is 18.2 Å². The van der Waals surface area contributed by atoms with E-state index in [1.807, 2.05) is 20.8 Å². The highest BCUT2D eigenvalue weighted by atomic mass is 35.7. The average Bonchev–Trinajstić information content (AvgIpc) is 2.41. The summed E-state index contributed by atoms with van der Waals surface area (Å²) in [4.78, 5) is 11.3. The zero-order valence-corrected chi connectivity index (χ0v) is 10.8. The van der Waals surface area contributed by atoms with Crippen molar-refractivity contribution in [1.29, 1.82) is 0 Å². The van der Waals surface area contributed by atoms with Crippen LogP contribution in [0.25, 0.3) is 0 Å². The molecule has 8 heteroatoms. The maximum Gasteiger partial charge on any atom is 0.437 e. The predicted molar refractivity (Wildman–Crippen MR) is 59.1 cm³/mol. The van der Waals surface area contributed by atoms with E-state index in [1.165, 1.54) is 0 Å². The van der Waals surface area contributed by atoms with Gasteiger partial charge in [0.05, 0.1) is 12.3 Å². The summed E-state index contributed by atoms with van der Waals surface area (Å²) in [6.07, 6.45) is 0. The van der Waals surface area contributed by atoms with Gasteiger partial charge in [-0.15, -0.1) is 5.10 Å². The molecule has 0 fully saturated rings. The molecule has 0 aliphatic rings. The minimum absolute atomic E-state index is 0.107. The minimum atomic E-state index is -3.63. The van der Waals surface area contributed by atoms with Crippen molar-refractivity contribution in [3.63, 3.8) is 0 Å². The Morgan fingerprint density at radius 3 is 2.38 bits per heavy atom. The lowest BCUT2D eigenvalue weighted by atomic mass is 9.97. The number of halogens is 1. The molecule has 92 valence electrons. The summed E-state index contributed by atoms with van der Waals surface area (Å²) in [5.41, 5.74) is -0.399. The number of hydrogen-bond acceptors (Lipinski definition) is 5. The van der Waals surface area contributed by atoms with Crippen molar-refractivity contribution >= 4 is 19.7 Å². The Balaban J connectivity index is 2.92. The SMILES string of the molecule is CC(C)(C)c1nn(CCS(=O)(=O)Cl)c(=O)o1. The van der Waals surface area contributed by atoms with E-state index in [2.05, 4.69) is 5.10 Å². The number of rotatable bonds is 3. The van der Waals surface area contributed by atoms with Gasteiger partial charge in [-0.3, -0.25) is 0 Å². The van der Waals surface area contributed by atoms with Crippen LogP contribution >= 0.6 is 10.7 Å². The third-order valence-corrected chi connectivity index (χ3v) is 2.93. The highest BCUT2D eigenvalue weighted by Crippen LogP contribution is 2.17. The van der Waals surface area contributed by atoms with Crippen LogP contribution in [0.1, 0.15) is 26.7 Å². The summed E-state index contributed by atoms with van der Waals surface area (Å²) >= 11 is 0. The van der Waals surface area contributed by atoms with E-state index in [0.29, 0.717) is 0 Å². The Morgan fingerprint density at radius 1 is 1.44 bits per heavy atom. The summed E-state index contributed by atoms with van der Waals surface area (Å²) in [6, 6.07) is 0. The van der Waals surface area contributed by atoms with E-state index in [4.69, 9.17) is 15.1 Å². The maximum atomic E-state index is 11.3. The molecule has 0 unspecified atom stereocenters. The first-order chi connectivity index (χ1) is 7.09. The van der Waals surface area contributed by atoms with Crippen molar-refractivity contribution in [3.8, 4) is 0 Å². The van der Waals surface area contributed by atoms with Crippen LogP contribution in [0.3, 0.4) is 0 Å². The summed E-state index contributed by atoms with van der Waals surface area (Å²) in [5.74, 6) is -0.764. The van der Waals surface area contributed by atoms with Crippen LogP contribution in [0, 0.1) is 0 Å². The Bertz CT molecular complexity index is 523. The van der Waals surface area contributed by atoms with Gasteiger partial charge in [-0.2, -0.15) is 4.68 Å². The van der Waals surface area contributed by atoms with Crippen LogP contribution in [-0.4, -0.2) is 24.0 Å². The monoisotopic (exact) mass is 268 g/mol. The van der Waals surface area contributed by atoms with Crippen molar-refractivity contribution in [2.45, 2.75) is 32.7 Å². The molecule has 6 nitrogen and oxygen atoms in total. The van der Waals surface area contributed by atoms with Crippen molar-refractivity contribution in [3.05, 3.63) is 16.4 Å². The molecular formula is C8H13ClN2O4S. The second-order valence-corrected chi connectivity index (χ2v) is 7.29. The standard InChI is InChI=1S/C8H13ClN2O4S/c1-8(2,3)6-10-11(7(12)15-6)4-5-16(9,13)14/h4-5H2,1-3H3. The van der Waals surface area contributed by atoms with Gasteiger partial charge < -0.3 is 4.42 Å². The van der Waals surface area contributed by atoms with E-state index in [9.17, 15) is 13.2 Å². The summed E-state index contributed by atoms with van der Waals surface area (Å²) < 4.78 is 27.3. The van der Waals surface area contributed by atoms with Crippen molar-refractivity contribution in [1.82, 2.24) is 9.78 Å². The second-order valence-electron chi connectivity index (χ2n) is 4.39. The second kappa shape index (κ2) is 4.21. The van der Waals surface area contributed by atoms with Crippen LogP contribution in [0.4, 0.5) is 0 Å². The molecule has 0 N–H and O–H groups in total. The van der Waals surface area contributed by atoms with Gasteiger partial charge in [0.15, 0.2) is 0 Å². The molecule has 0 radical (unpaired) electrons. The Morgan fingerprint density at radius 2 is 2.00 bits per heavy atom. The Labute approximate surface area is 97.6 Å². The minimum Gasteiger partial charge on any atom is -0.392 e. The third kappa shape index (κ3) is 3.64. The first kappa shape index (κ1) is 13.2. The molecular weight excluding hydrogens is 256 g/mol. The molecule has 1 rings (SSSR count). The molecule has 0 aliphatic carbocycles. The van der Waals surface area contributed by atoms with Crippen LogP contribution < -0.4 is 5.76 Å². The van der Waals surface area contributed by atoms with Crippen molar-refractivity contribution in [2.75, 3.05) is 5.75 Å². The molecule has 0 spiro atoms. The topological polar surface area (TPSA) is 82.2 Å². The van der Waals surface area contributed by atoms with Gasteiger partial charge >= 0.3 is 5.76 Å². The van der Waals surface area contributed by atoms with E-state index < -0.39 is 20.2 Å². The molecule has 0 aromatic carbocycles. The Kier molecular flexibility index (Phi) is 3.49. The van der Waals surface area contributed by atoms with Gasteiger partial charge in [0.25, 0.3) is 0 Å². The zero-order valence-electron chi connectivity index (χ0n) is 9.23. The van der Waals surface area contributed by atoms with Crippen molar-refractivity contribution in [2.24, 2.45) is 0 Å². The normalized spacial score (nSPS) is 13.0. The summed E-state index contributed by atoms with van der Waals surface area (Å²) in [7, 11) is 1.40. The molecule has 0 saturated carbocycles. The largest absolute Gasteiger partial charge is 0.437 e. The van der Waals surface area contributed by atoms with Crippen molar-refractivity contribution < 1.29 is 12.8 Å². The van der Waals surface area contributed by atoms with Gasteiger partial charge in [0.2, 0.25) is 14.9 Å². The highest BCUT2D eigenvalue weighted by Gasteiger charge is 2.22. The lowest BCUT2D eigenvalue weighted by Crippen LogP contribution is -2.20. The van der Waals surface area contributed by atoms with Gasteiger partial charge in [-0.1, -0.05) is 20.8 Å². The third-order valence-electron chi connectivity index (χ3n) is 1.79. The van der Waals surface area contributed by atoms with Gasteiger partial charge in [0, 0.05) is 16.1 Å². The number of hydrogen-bond donors (Lipinski definition) is 0. The maximum absolute atomic E-state index is 11.3. The smallest absolute Gasteiger partial charge is 0.392 e. The highest BCUT2D eigenvalue weighted by molar-refractivity contribution is 8.13. The fourth-order valence-electron chi connectivity index (χ4n) is 0.946. The first-order valence-corrected chi connectivity index (χ1v) is 7.08. The number of aryl methyl sites for hydroxylation is 1. The summed E-state index contributed by atoms with van der Waals surface area (Å²) in [5, 5.41) is 3.90. The average molecular weight is 269 g/mol. The lowest BCUT2D eigenvalue weighted by molar-refractivity contribution is 0.374. The molecule has 0 aliphatic heterocycles. The van der Waals surface area contributed by atoms with E-state index in [0.717, 1.165) is 4.68 Å². The Hall–Kier alpha value is -0.820. The predicted octanol–water partition coefficient (Wildman–Crippen LogP) is 0.702. The number of nitrogens with zero attached hydrogens (tertiary/aromatic N) is 2. The molecule has 0 atom stereocenters. The number of aromatic nitrogens is 2. The van der Waals surface area contributed by atoms with Crippen LogP contribution in [0.5, 0.6) is 0 Å².